The van der Waals surface area contributed by atoms with Crippen LogP contribution in [0.2, 0.25) is 0 Å². The molecular formula is C11H16BrN. The highest BCUT2D eigenvalue weighted by Gasteiger charge is 2.04. The van der Waals surface area contributed by atoms with E-state index in [0.29, 0.717) is 6.04 Å². The topological polar surface area (TPSA) is 3.24 Å². The van der Waals surface area contributed by atoms with Gasteiger partial charge >= 0.3 is 0 Å². The number of halogens is 1. The van der Waals surface area contributed by atoms with Crippen molar-refractivity contribution in [1.82, 2.24) is 4.90 Å². The van der Waals surface area contributed by atoms with Crippen molar-refractivity contribution in [2.75, 3.05) is 14.1 Å². The summed E-state index contributed by atoms with van der Waals surface area (Å²) in [6.45, 7) is 2.24. The van der Waals surface area contributed by atoms with Gasteiger partial charge < -0.3 is 4.90 Å². The lowest BCUT2D eigenvalue weighted by Gasteiger charge is -2.19. The van der Waals surface area contributed by atoms with E-state index in [1.54, 1.807) is 0 Å². The molecule has 1 rings (SSSR count). The number of hydrogen-bond donors (Lipinski definition) is 0. The van der Waals surface area contributed by atoms with Gasteiger partial charge in [-0.05, 0) is 45.1 Å². The van der Waals surface area contributed by atoms with Gasteiger partial charge in [-0.2, -0.15) is 0 Å². The van der Waals surface area contributed by atoms with Crippen LogP contribution in [0.15, 0.2) is 28.7 Å². The van der Waals surface area contributed by atoms with Gasteiger partial charge in [-0.15, -0.1) is 0 Å². The highest BCUT2D eigenvalue weighted by molar-refractivity contribution is 9.10. The van der Waals surface area contributed by atoms with Crippen LogP contribution < -0.4 is 0 Å². The normalized spacial score (nSPS) is 13.3. The van der Waals surface area contributed by atoms with Crippen molar-refractivity contribution < 1.29 is 0 Å². The SMILES string of the molecule is CC(Cc1ccc(Br)cc1)N(C)C. The van der Waals surface area contributed by atoms with Gasteiger partial charge in [0.1, 0.15) is 0 Å². The van der Waals surface area contributed by atoms with Gasteiger partial charge in [-0.25, -0.2) is 0 Å². The fourth-order valence-electron chi connectivity index (χ4n) is 1.14. The molecule has 0 saturated carbocycles. The zero-order valence-corrected chi connectivity index (χ0v) is 10.0. The smallest absolute Gasteiger partial charge is 0.0175 e. The van der Waals surface area contributed by atoms with E-state index in [1.165, 1.54) is 5.56 Å². The first-order chi connectivity index (χ1) is 6.09. The quantitative estimate of drug-likeness (QED) is 0.787. The molecule has 0 fully saturated rings. The number of rotatable bonds is 3. The Morgan fingerprint density at radius 1 is 1.23 bits per heavy atom. The van der Waals surface area contributed by atoms with E-state index in [0.717, 1.165) is 10.9 Å². The number of nitrogens with zero attached hydrogens (tertiary/aromatic N) is 1. The first-order valence-corrected chi connectivity index (χ1v) is 5.30. The molecule has 2 heteroatoms. The Morgan fingerprint density at radius 2 is 1.77 bits per heavy atom. The van der Waals surface area contributed by atoms with Crippen LogP contribution in [-0.2, 0) is 6.42 Å². The van der Waals surface area contributed by atoms with E-state index in [-0.39, 0.29) is 0 Å². The van der Waals surface area contributed by atoms with Crippen molar-refractivity contribution in [3.05, 3.63) is 34.3 Å². The minimum atomic E-state index is 0.598. The third-order valence-electron chi connectivity index (χ3n) is 2.33. The maximum absolute atomic E-state index is 3.43. The van der Waals surface area contributed by atoms with Gasteiger partial charge in [0.15, 0.2) is 0 Å². The van der Waals surface area contributed by atoms with E-state index in [2.05, 4.69) is 66.1 Å². The zero-order chi connectivity index (χ0) is 9.84. The molecule has 0 saturated heterocycles. The first kappa shape index (κ1) is 10.7. The molecule has 0 aliphatic rings. The lowest BCUT2D eigenvalue weighted by molar-refractivity contribution is 0.312. The summed E-state index contributed by atoms with van der Waals surface area (Å²) in [6, 6.07) is 9.13. The maximum atomic E-state index is 3.43. The van der Waals surface area contributed by atoms with Crippen molar-refractivity contribution in [3.8, 4) is 0 Å². The second-order valence-electron chi connectivity index (χ2n) is 3.64. The van der Waals surface area contributed by atoms with Crippen LogP contribution in [0.5, 0.6) is 0 Å². The summed E-state index contributed by atoms with van der Waals surface area (Å²) in [5.41, 5.74) is 1.39. The van der Waals surface area contributed by atoms with E-state index in [4.69, 9.17) is 0 Å². The molecule has 0 bridgehead atoms. The molecular weight excluding hydrogens is 226 g/mol. The molecule has 0 N–H and O–H groups in total. The monoisotopic (exact) mass is 241 g/mol. The van der Waals surface area contributed by atoms with Crippen LogP contribution in [0.3, 0.4) is 0 Å². The summed E-state index contributed by atoms with van der Waals surface area (Å²) in [4.78, 5) is 2.24. The zero-order valence-electron chi connectivity index (χ0n) is 8.42. The molecule has 1 nitrogen and oxygen atoms in total. The molecule has 1 unspecified atom stereocenters. The second kappa shape index (κ2) is 4.77. The van der Waals surface area contributed by atoms with Gasteiger partial charge in [0.05, 0.1) is 0 Å². The first-order valence-electron chi connectivity index (χ1n) is 4.50. The van der Waals surface area contributed by atoms with E-state index in [9.17, 15) is 0 Å². The Balaban J connectivity index is 2.59. The summed E-state index contributed by atoms with van der Waals surface area (Å²) in [6.07, 6.45) is 1.11. The Kier molecular flexibility index (Phi) is 3.94. The molecule has 0 aliphatic carbocycles. The van der Waals surface area contributed by atoms with Crippen LogP contribution in [0.25, 0.3) is 0 Å². The number of hydrogen-bond acceptors (Lipinski definition) is 1. The molecule has 1 atom stereocenters. The Labute approximate surface area is 88.9 Å². The molecule has 1 aromatic carbocycles. The molecule has 0 amide bonds. The van der Waals surface area contributed by atoms with Crippen LogP contribution in [0.4, 0.5) is 0 Å². The van der Waals surface area contributed by atoms with Crippen molar-refractivity contribution in [1.29, 1.82) is 0 Å². The predicted molar refractivity (Wildman–Crippen MR) is 61.0 cm³/mol. The van der Waals surface area contributed by atoms with Crippen LogP contribution in [-0.4, -0.2) is 25.0 Å². The Hall–Kier alpha value is -0.340. The fraction of sp³-hybridized carbons (Fsp3) is 0.455. The molecule has 0 spiro atoms. The van der Waals surface area contributed by atoms with Crippen molar-refractivity contribution in [2.24, 2.45) is 0 Å². The largest absolute Gasteiger partial charge is 0.306 e. The third-order valence-corrected chi connectivity index (χ3v) is 2.85. The van der Waals surface area contributed by atoms with Gasteiger partial charge in [-0.1, -0.05) is 28.1 Å². The average molecular weight is 242 g/mol. The minimum Gasteiger partial charge on any atom is -0.306 e. The van der Waals surface area contributed by atoms with Gasteiger partial charge in [0.25, 0.3) is 0 Å². The molecule has 0 aliphatic heterocycles. The standard InChI is InChI=1S/C11H16BrN/c1-9(13(2)3)8-10-4-6-11(12)7-5-10/h4-7,9H,8H2,1-3H3. The number of benzene rings is 1. The lowest BCUT2D eigenvalue weighted by Crippen LogP contribution is -2.26. The van der Waals surface area contributed by atoms with Crippen molar-refractivity contribution in [3.63, 3.8) is 0 Å². The number of likely N-dealkylation sites (N-methyl/N-ethyl adjacent to an activating group) is 1. The molecule has 72 valence electrons. The second-order valence-corrected chi connectivity index (χ2v) is 4.56. The summed E-state index contributed by atoms with van der Waals surface area (Å²) < 4.78 is 1.15. The fourth-order valence-corrected chi connectivity index (χ4v) is 1.41. The molecule has 1 aromatic rings. The van der Waals surface area contributed by atoms with Crippen molar-refractivity contribution in [2.45, 2.75) is 19.4 Å². The summed E-state index contributed by atoms with van der Waals surface area (Å²) in [5, 5.41) is 0. The molecule has 0 radical (unpaired) electrons. The summed E-state index contributed by atoms with van der Waals surface area (Å²) >= 11 is 3.43. The average Bonchev–Trinajstić information content (AvgIpc) is 2.08. The van der Waals surface area contributed by atoms with E-state index < -0.39 is 0 Å². The predicted octanol–water partition coefficient (Wildman–Crippen LogP) is 2.94. The van der Waals surface area contributed by atoms with Gasteiger partial charge in [0.2, 0.25) is 0 Å². The maximum Gasteiger partial charge on any atom is 0.0175 e. The van der Waals surface area contributed by atoms with Crippen LogP contribution in [0, 0.1) is 0 Å². The molecule has 13 heavy (non-hydrogen) atoms. The van der Waals surface area contributed by atoms with E-state index >= 15 is 0 Å². The highest BCUT2D eigenvalue weighted by Crippen LogP contribution is 2.12. The van der Waals surface area contributed by atoms with Crippen LogP contribution >= 0.6 is 15.9 Å². The Morgan fingerprint density at radius 3 is 2.23 bits per heavy atom. The summed E-state index contributed by atoms with van der Waals surface area (Å²) in [5.74, 6) is 0. The molecule has 0 heterocycles. The highest BCUT2D eigenvalue weighted by atomic mass is 79.9. The molecule has 0 aromatic heterocycles. The van der Waals surface area contributed by atoms with Crippen LogP contribution in [0.1, 0.15) is 12.5 Å². The van der Waals surface area contributed by atoms with Gasteiger partial charge in [-0.3, -0.25) is 0 Å². The summed E-state index contributed by atoms with van der Waals surface area (Å²) in [7, 11) is 4.23. The lowest BCUT2D eigenvalue weighted by atomic mass is 10.1. The Bertz CT molecular complexity index is 253. The van der Waals surface area contributed by atoms with Gasteiger partial charge in [0, 0.05) is 10.5 Å². The minimum absolute atomic E-state index is 0.598. The van der Waals surface area contributed by atoms with Crippen molar-refractivity contribution >= 4 is 15.9 Å². The third kappa shape index (κ3) is 3.49. The van der Waals surface area contributed by atoms with E-state index in [1.807, 2.05) is 0 Å².